The summed E-state index contributed by atoms with van der Waals surface area (Å²) in [5, 5.41) is 14.4. The van der Waals surface area contributed by atoms with Gasteiger partial charge in [0, 0.05) is 11.8 Å². The molecule has 1 atom stereocenters. The standard InChI is InChI=1S/C11H22N4OS/c1-4-6-12-7-10-14-15-11(16-10)13-9(3)8-17-5-2/h9,12H,4-8H2,1-3H3,(H,13,15). The van der Waals surface area contributed by atoms with E-state index in [0.29, 0.717) is 24.5 Å². The number of nitrogens with zero attached hydrogens (tertiary/aromatic N) is 2. The van der Waals surface area contributed by atoms with E-state index >= 15 is 0 Å². The van der Waals surface area contributed by atoms with E-state index in [9.17, 15) is 0 Å². The number of hydrogen-bond donors (Lipinski definition) is 2. The number of anilines is 1. The molecule has 0 spiro atoms. The Hall–Kier alpha value is -0.750. The van der Waals surface area contributed by atoms with Gasteiger partial charge in [0.15, 0.2) is 0 Å². The van der Waals surface area contributed by atoms with E-state index in [2.05, 4.69) is 41.6 Å². The molecule has 6 heteroatoms. The third kappa shape index (κ3) is 5.93. The van der Waals surface area contributed by atoms with Gasteiger partial charge in [0.25, 0.3) is 0 Å². The summed E-state index contributed by atoms with van der Waals surface area (Å²) >= 11 is 1.89. The van der Waals surface area contributed by atoms with Gasteiger partial charge >= 0.3 is 6.01 Å². The summed E-state index contributed by atoms with van der Waals surface area (Å²) in [6, 6.07) is 0.861. The van der Waals surface area contributed by atoms with Gasteiger partial charge in [0.2, 0.25) is 5.89 Å². The normalized spacial score (nSPS) is 12.6. The first kappa shape index (κ1) is 14.3. The van der Waals surface area contributed by atoms with Crippen LogP contribution in [0.15, 0.2) is 4.42 Å². The minimum atomic E-state index is 0.344. The first-order chi connectivity index (χ1) is 8.26. The summed E-state index contributed by atoms with van der Waals surface area (Å²) in [7, 11) is 0. The fourth-order valence-electron chi connectivity index (χ4n) is 1.30. The molecule has 1 rings (SSSR count). The van der Waals surface area contributed by atoms with Gasteiger partial charge in [-0.1, -0.05) is 18.9 Å². The molecule has 0 aromatic carbocycles. The maximum absolute atomic E-state index is 5.48. The van der Waals surface area contributed by atoms with E-state index in [4.69, 9.17) is 4.42 Å². The molecular weight excluding hydrogens is 236 g/mol. The van der Waals surface area contributed by atoms with Gasteiger partial charge in [-0.15, -0.1) is 5.10 Å². The predicted molar refractivity (Wildman–Crippen MR) is 72.4 cm³/mol. The van der Waals surface area contributed by atoms with Crippen LogP contribution in [0.5, 0.6) is 0 Å². The van der Waals surface area contributed by atoms with Crippen LogP contribution >= 0.6 is 11.8 Å². The van der Waals surface area contributed by atoms with E-state index in [1.54, 1.807) is 0 Å². The average Bonchev–Trinajstić information content (AvgIpc) is 2.74. The van der Waals surface area contributed by atoms with E-state index in [1.807, 2.05) is 11.8 Å². The Morgan fingerprint density at radius 2 is 2.18 bits per heavy atom. The van der Waals surface area contributed by atoms with Crippen LogP contribution in [0.25, 0.3) is 0 Å². The molecule has 0 bridgehead atoms. The van der Waals surface area contributed by atoms with Crippen LogP contribution in [-0.4, -0.2) is 34.3 Å². The molecule has 0 saturated carbocycles. The molecule has 0 saturated heterocycles. The maximum Gasteiger partial charge on any atom is 0.315 e. The van der Waals surface area contributed by atoms with Crippen molar-refractivity contribution in [2.24, 2.45) is 0 Å². The molecule has 1 heterocycles. The molecule has 2 N–H and O–H groups in total. The highest BCUT2D eigenvalue weighted by Gasteiger charge is 2.08. The number of aromatic nitrogens is 2. The van der Waals surface area contributed by atoms with Crippen molar-refractivity contribution in [2.45, 2.75) is 39.8 Å². The summed E-state index contributed by atoms with van der Waals surface area (Å²) in [4.78, 5) is 0. The van der Waals surface area contributed by atoms with Gasteiger partial charge in [0.05, 0.1) is 6.54 Å². The lowest BCUT2D eigenvalue weighted by Gasteiger charge is -2.09. The summed E-state index contributed by atoms with van der Waals surface area (Å²) in [6.07, 6.45) is 1.10. The highest BCUT2D eigenvalue weighted by molar-refractivity contribution is 7.99. The van der Waals surface area contributed by atoms with Crippen molar-refractivity contribution in [1.82, 2.24) is 15.5 Å². The van der Waals surface area contributed by atoms with Crippen molar-refractivity contribution in [2.75, 3.05) is 23.4 Å². The maximum atomic E-state index is 5.48. The topological polar surface area (TPSA) is 63.0 Å². The first-order valence-corrected chi connectivity index (χ1v) is 7.29. The lowest BCUT2D eigenvalue weighted by molar-refractivity contribution is 0.475. The average molecular weight is 258 g/mol. The summed E-state index contributed by atoms with van der Waals surface area (Å²) in [6.45, 7) is 8.00. The van der Waals surface area contributed by atoms with Crippen LogP contribution in [0.2, 0.25) is 0 Å². The fourth-order valence-corrected chi connectivity index (χ4v) is 1.98. The number of hydrogen-bond acceptors (Lipinski definition) is 6. The fraction of sp³-hybridized carbons (Fsp3) is 0.818. The molecule has 1 aromatic rings. The molecule has 0 aliphatic rings. The number of rotatable bonds is 9. The van der Waals surface area contributed by atoms with Gasteiger partial charge in [-0.2, -0.15) is 11.8 Å². The summed E-state index contributed by atoms with van der Waals surface area (Å²) in [5.41, 5.74) is 0. The van der Waals surface area contributed by atoms with Crippen molar-refractivity contribution in [3.63, 3.8) is 0 Å². The lowest BCUT2D eigenvalue weighted by atomic mass is 10.4. The Bertz CT molecular complexity index is 305. The Balaban J connectivity index is 2.29. The van der Waals surface area contributed by atoms with Gasteiger partial charge < -0.3 is 15.1 Å². The Labute approximate surface area is 107 Å². The highest BCUT2D eigenvalue weighted by Crippen LogP contribution is 2.09. The van der Waals surface area contributed by atoms with Gasteiger partial charge in [-0.05, 0) is 25.6 Å². The lowest BCUT2D eigenvalue weighted by Crippen LogP contribution is -2.18. The molecule has 1 aromatic heterocycles. The van der Waals surface area contributed by atoms with E-state index in [0.717, 1.165) is 24.5 Å². The van der Waals surface area contributed by atoms with Crippen molar-refractivity contribution in [3.8, 4) is 0 Å². The zero-order chi connectivity index (χ0) is 12.5. The van der Waals surface area contributed by atoms with Crippen LogP contribution in [0.3, 0.4) is 0 Å². The minimum absolute atomic E-state index is 0.344. The second kappa shape index (κ2) is 8.36. The van der Waals surface area contributed by atoms with E-state index in [-0.39, 0.29) is 0 Å². The van der Waals surface area contributed by atoms with Crippen LogP contribution in [0.4, 0.5) is 6.01 Å². The van der Waals surface area contributed by atoms with Crippen LogP contribution < -0.4 is 10.6 Å². The second-order valence-corrected chi connectivity index (χ2v) is 5.20. The van der Waals surface area contributed by atoms with E-state index in [1.165, 1.54) is 0 Å². The van der Waals surface area contributed by atoms with Crippen molar-refractivity contribution in [3.05, 3.63) is 5.89 Å². The third-order valence-corrected chi connectivity index (χ3v) is 3.26. The molecule has 17 heavy (non-hydrogen) atoms. The number of thioether (sulfide) groups is 1. The van der Waals surface area contributed by atoms with Crippen molar-refractivity contribution < 1.29 is 4.42 Å². The quantitative estimate of drug-likeness (QED) is 0.662. The Morgan fingerprint density at radius 3 is 2.88 bits per heavy atom. The van der Waals surface area contributed by atoms with Gasteiger partial charge in [-0.3, -0.25) is 0 Å². The highest BCUT2D eigenvalue weighted by atomic mass is 32.2. The Morgan fingerprint density at radius 1 is 1.35 bits per heavy atom. The smallest absolute Gasteiger partial charge is 0.315 e. The monoisotopic (exact) mass is 258 g/mol. The van der Waals surface area contributed by atoms with Crippen LogP contribution in [0, 0.1) is 0 Å². The summed E-state index contributed by atoms with van der Waals surface area (Å²) in [5.74, 6) is 2.81. The molecule has 5 nitrogen and oxygen atoms in total. The SMILES string of the molecule is CCCNCc1nnc(NC(C)CSCC)o1. The first-order valence-electron chi connectivity index (χ1n) is 6.13. The molecule has 0 amide bonds. The molecule has 0 fully saturated rings. The third-order valence-electron chi connectivity index (χ3n) is 2.11. The molecule has 98 valence electrons. The largest absolute Gasteiger partial charge is 0.407 e. The zero-order valence-electron chi connectivity index (χ0n) is 10.8. The van der Waals surface area contributed by atoms with Gasteiger partial charge in [-0.25, -0.2) is 0 Å². The van der Waals surface area contributed by atoms with Crippen LogP contribution in [0.1, 0.15) is 33.1 Å². The van der Waals surface area contributed by atoms with Crippen LogP contribution in [-0.2, 0) is 6.54 Å². The molecular formula is C11H22N4OS. The molecule has 0 aliphatic carbocycles. The Kier molecular flexibility index (Phi) is 7.04. The zero-order valence-corrected chi connectivity index (χ0v) is 11.6. The second-order valence-electron chi connectivity index (χ2n) is 3.88. The predicted octanol–water partition coefficient (Wildman–Crippen LogP) is 2.12. The van der Waals surface area contributed by atoms with E-state index < -0.39 is 0 Å². The molecule has 0 radical (unpaired) electrons. The molecule has 1 unspecified atom stereocenters. The van der Waals surface area contributed by atoms with Crippen molar-refractivity contribution >= 4 is 17.8 Å². The number of nitrogens with one attached hydrogen (secondary N) is 2. The van der Waals surface area contributed by atoms with Crippen molar-refractivity contribution in [1.29, 1.82) is 0 Å². The van der Waals surface area contributed by atoms with Gasteiger partial charge in [0.1, 0.15) is 0 Å². The molecule has 0 aliphatic heterocycles. The minimum Gasteiger partial charge on any atom is -0.407 e. The summed E-state index contributed by atoms with van der Waals surface area (Å²) < 4.78 is 5.48.